The molecule has 1 N–H and O–H groups in total. The van der Waals surface area contributed by atoms with Gasteiger partial charge in [0.15, 0.2) is 11.5 Å². The predicted octanol–water partition coefficient (Wildman–Crippen LogP) is 4.39. The van der Waals surface area contributed by atoms with Crippen molar-refractivity contribution in [3.63, 3.8) is 0 Å². The number of nitrogens with zero attached hydrogens (tertiary/aromatic N) is 1. The summed E-state index contributed by atoms with van der Waals surface area (Å²) in [5, 5.41) is 3.46. The van der Waals surface area contributed by atoms with E-state index < -0.39 is 0 Å². The summed E-state index contributed by atoms with van der Waals surface area (Å²) in [5.74, 6) is 1.62. The molecule has 0 spiro atoms. The highest BCUT2D eigenvalue weighted by atomic mass is 16.5. The van der Waals surface area contributed by atoms with Gasteiger partial charge in [-0.3, -0.25) is 4.79 Å². The molecule has 1 aliphatic heterocycles. The van der Waals surface area contributed by atoms with E-state index in [1.807, 2.05) is 23.1 Å². The van der Waals surface area contributed by atoms with Gasteiger partial charge in [0.25, 0.3) is 0 Å². The quantitative estimate of drug-likeness (QED) is 0.787. The number of anilines is 1. The van der Waals surface area contributed by atoms with E-state index in [0.717, 1.165) is 30.0 Å². The number of para-hydroxylation sites is 1. The molecule has 0 bridgehead atoms. The van der Waals surface area contributed by atoms with Crippen LogP contribution in [0.5, 0.6) is 11.5 Å². The molecule has 156 valence electrons. The molecule has 2 aromatic carbocycles. The Morgan fingerprint density at radius 2 is 1.72 bits per heavy atom. The van der Waals surface area contributed by atoms with Gasteiger partial charge in [0.05, 0.1) is 14.2 Å². The first-order valence-electron chi connectivity index (χ1n) is 10.2. The van der Waals surface area contributed by atoms with Gasteiger partial charge in [0.2, 0.25) is 5.91 Å². The summed E-state index contributed by atoms with van der Waals surface area (Å²) in [4.78, 5) is 14.7. The van der Waals surface area contributed by atoms with E-state index in [4.69, 9.17) is 9.47 Å². The van der Waals surface area contributed by atoms with Crippen LogP contribution < -0.4 is 14.8 Å². The number of hydrogen-bond donors (Lipinski definition) is 1. The number of benzene rings is 2. The Morgan fingerprint density at radius 1 is 1.07 bits per heavy atom. The van der Waals surface area contributed by atoms with Crippen LogP contribution in [0.2, 0.25) is 0 Å². The van der Waals surface area contributed by atoms with Gasteiger partial charge in [-0.15, -0.1) is 0 Å². The van der Waals surface area contributed by atoms with Gasteiger partial charge >= 0.3 is 0 Å². The second-order valence-electron chi connectivity index (χ2n) is 8.51. The van der Waals surface area contributed by atoms with E-state index in [1.54, 1.807) is 14.2 Å². The summed E-state index contributed by atoms with van der Waals surface area (Å²) in [6.45, 7) is 8.58. The maximum absolute atomic E-state index is 12.8. The number of fused-ring (bicyclic) bond motifs is 1. The van der Waals surface area contributed by atoms with Crippen molar-refractivity contribution in [2.24, 2.45) is 0 Å². The first kappa shape index (κ1) is 21.0. The van der Waals surface area contributed by atoms with Crippen LogP contribution in [0.15, 0.2) is 36.4 Å². The average Bonchev–Trinajstić information content (AvgIpc) is 2.71. The summed E-state index contributed by atoms with van der Waals surface area (Å²) in [5.41, 5.74) is 4.79. The smallest absolute Gasteiger partial charge is 0.224 e. The zero-order chi connectivity index (χ0) is 21.0. The lowest BCUT2D eigenvalue weighted by atomic mass is 9.86. The third-order valence-electron chi connectivity index (χ3n) is 5.46. The molecular weight excluding hydrogens is 364 g/mol. The van der Waals surface area contributed by atoms with Crippen molar-refractivity contribution in [2.75, 3.05) is 32.6 Å². The molecule has 0 fully saturated rings. The van der Waals surface area contributed by atoms with Crippen molar-refractivity contribution in [1.82, 2.24) is 4.90 Å². The zero-order valence-corrected chi connectivity index (χ0v) is 18.2. The van der Waals surface area contributed by atoms with Gasteiger partial charge in [-0.05, 0) is 46.7 Å². The lowest BCUT2D eigenvalue weighted by molar-refractivity contribution is -0.131. The molecule has 2 aromatic rings. The summed E-state index contributed by atoms with van der Waals surface area (Å²) in [7, 11) is 3.28. The minimum absolute atomic E-state index is 0.0598. The zero-order valence-electron chi connectivity index (χ0n) is 18.2. The van der Waals surface area contributed by atoms with Crippen LogP contribution >= 0.6 is 0 Å². The SMILES string of the molecule is COc1cc2c(cc1OC)CN(C(=O)CCNc1ccccc1C(C)(C)C)CC2. The summed E-state index contributed by atoms with van der Waals surface area (Å²) in [6, 6.07) is 12.3. The minimum atomic E-state index is 0.0598. The molecule has 1 heterocycles. The van der Waals surface area contributed by atoms with Gasteiger partial charge in [-0.1, -0.05) is 39.0 Å². The number of hydrogen-bond acceptors (Lipinski definition) is 4. The molecule has 29 heavy (non-hydrogen) atoms. The summed E-state index contributed by atoms with van der Waals surface area (Å²) >= 11 is 0. The van der Waals surface area contributed by atoms with E-state index in [1.165, 1.54) is 11.1 Å². The van der Waals surface area contributed by atoms with Gasteiger partial charge < -0.3 is 19.7 Å². The Hall–Kier alpha value is -2.69. The number of ether oxygens (including phenoxy) is 2. The third-order valence-corrected chi connectivity index (χ3v) is 5.46. The molecule has 0 aliphatic carbocycles. The predicted molar refractivity (Wildman–Crippen MR) is 117 cm³/mol. The Balaban J connectivity index is 1.61. The third kappa shape index (κ3) is 4.84. The second-order valence-corrected chi connectivity index (χ2v) is 8.51. The molecule has 0 saturated carbocycles. The molecule has 0 saturated heterocycles. The highest BCUT2D eigenvalue weighted by Crippen LogP contribution is 2.33. The van der Waals surface area contributed by atoms with Crippen molar-refractivity contribution in [2.45, 2.75) is 45.6 Å². The van der Waals surface area contributed by atoms with E-state index in [0.29, 0.717) is 25.3 Å². The second kappa shape index (κ2) is 8.76. The van der Waals surface area contributed by atoms with Crippen molar-refractivity contribution in [1.29, 1.82) is 0 Å². The van der Waals surface area contributed by atoms with Crippen molar-refractivity contribution >= 4 is 11.6 Å². The van der Waals surface area contributed by atoms with Crippen LogP contribution in [0.25, 0.3) is 0 Å². The maximum atomic E-state index is 12.8. The van der Waals surface area contributed by atoms with Crippen LogP contribution in [-0.4, -0.2) is 38.1 Å². The fourth-order valence-electron chi connectivity index (χ4n) is 3.85. The molecule has 5 nitrogen and oxygen atoms in total. The largest absolute Gasteiger partial charge is 0.493 e. The molecule has 0 radical (unpaired) electrons. The molecule has 1 aliphatic rings. The molecule has 5 heteroatoms. The maximum Gasteiger partial charge on any atom is 0.224 e. The van der Waals surface area contributed by atoms with E-state index in [-0.39, 0.29) is 11.3 Å². The van der Waals surface area contributed by atoms with Crippen molar-refractivity contribution in [3.05, 3.63) is 53.1 Å². The van der Waals surface area contributed by atoms with E-state index in [2.05, 4.69) is 44.3 Å². The highest BCUT2D eigenvalue weighted by Gasteiger charge is 2.23. The van der Waals surface area contributed by atoms with Gasteiger partial charge in [0, 0.05) is 31.7 Å². The van der Waals surface area contributed by atoms with Crippen molar-refractivity contribution < 1.29 is 14.3 Å². The summed E-state index contributed by atoms with van der Waals surface area (Å²) < 4.78 is 10.8. The molecular formula is C24H32N2O3. The Morgan fingerprint density at radius 3 is 2.38 bits per heavy atom. The van der Waals surface area contributed by atoms with Gasteiger partial charge in [-0.25, -0.2) is 0 Å². The average molecular weight is 397 g/mol. The number of carbonyl (C=O) groups is 1. The number of nitrogens with one attached hydrogen (secondary N) is 1. The van der Waals surface area contributed by atoms with Crippen LogP contribution in [-0.2, 0) is 23.2 Å². The standard InChI is InChI=1S/C24H32N2O3/c1-24(2,3)19-8-6-7-9-20(19)25-12-10-23(27)26-13-11-17-14-21(28-4)22(29-5)15-18(17)16-26/h6-9,14-15,25H,10-13,16H2,1-5H3. The normalized spacial score (nSPS) is 13.6. The molecule has 0 unspecified atom stereocenters. The number of rotatable bonds is 6. The summed E-state index contributed by atoms with van der Waals surface area (Å²) in [6.07, 6.45) is 1.31. The van der Waals surface area contributed by atoms with Gasteiger partial charge in [-0.2, -0.15) is 0 Å². The number of methoxy groups -OCH3 is 2. The Labute approximate surface area is 174 Å². The fraction of sp³-hybridized carbons (Fsp3) is 0.458. The minimum Gasteiger partial charge on any atom is -0.493 e. The first-order valence-corrected chi connectivity index (χ1v) is 10.2. The lowest BCUT2D eigenvalue weighted by Crippen LogP contribution is -2.36. The Kier molecular flexibility index (Phi) is 6.36. The molecule has 3 rings (SSSR count). The first-order chi connectivity index (χ1) is 13.8. The molecule has 0 aromatic heterocycles. The van der Waals surface area contributed by atoms with Gasteiger partial charge in [0.1, 0.15) is 0 Å². The topological polar surface area (TPSA) is 50.8 Å². The molecule has 1 amide bonds. The number of carbonyl (C=O) groups excluding carboxylic acids is 1. The fourth-order valence-corrected chi connectivity index (χ4v) is 3.85. The van der Waals surface area contributed by atoms with Crippen LogP contribution in [0.4, 0.5) is 5.69 Å². The van der Waals surface area contributed by atoms with E-state index in [9.17, 15) is 4.79 Å². The van der Waals surface area contributed by atoms with Crippen LogP contribution in [0.3, 0.4) is 0 Å². The Bertz CT molecular complexity index is 871. The molecule has 0 atom stereocenters. The lowest BCUT2D eigenvalue weighted by Gasteiger charge is -2.30. The highest BCUT2D eigenvalue weighted by molar-refractivity contribution is 5.77. The van der Waals surface area contributed by atoms with Crippen LogP contribution in [0.1, 0.15) is 43.9 Å². The number of amides is 1. The van der Waals surface area contributed by atoms with E-state index >= 15 is 0 Å². The van der Waals surface area contributed by atoms with Crippen molar-refractivity contribution in [3.8, 4) is 11.5 Å². The monoisotopic (exact) mass is 396 g/mol. The van der Waals surface area contributed by atoms with Crippen LogP contribution in [0, 0.1) is 0 Å².